The van der Waals surface area contributed by atoms with Crippen LogP contribution in [-0.2, 0) is 6.54 Å². The fraction of sp³-hybridized carbons (Fsp3) is 0.571. The van der Waals surface area contributed by atoms with Crippen LogP contribution in [0.4, 0.5) is 5.69 Å². The Labute approximate surface area is 99.7 Å². The van der Waals surface area contributed by atoms with E-state index in [2.05, 4.69) is 56.2 Å². The number of benzene rings is 1. The summed E-state index contributed by atoms with van der Waals surface area (Å²) in [6, 6.07) is 6.71. The van der Waals surface area contributed by atoms with Crippen LogP contribution in [-0.4, -0.2) is 20.1 Å². The maximum atomic E-state index is 3.44. The van der Waals surface area contributed by atoms with Crippen molar-refractivity contribution in [3.05, 3.63) is 29.3 Å². The van der Waals surface area contributed by atoms with Gasteiger partial charge in [0.15, 0.2) is 0 Å². The molecule has 1 rings (SSSR count). The van der Waals surface area contributed by atoms with Gasteiger partial charge in [0.05, 0.1) is 0 Å². The molecule has 0 aliphatic carbocycles. The van der Waals surface area contributed by atoms with Crippen LogP contribution in [0.1, 0.15) is 31.4 Å². The summed E-state index contributed by atoms with van der Waals surface area (Å²) in [6.45, 7) is 9.68. The lowest BCUT2D eigenvalue weighted by Crippen LogP contribution is -2.17. The summed E-state index contributed by atoms with van der Waals surface area (Å²) in [7, 11) is 2.13. The number of aryl methyl sites for hydroxylation is 1. The normalized spacial score (nSPS) is 10.5. The highest BCUT2D eigenvalue weighted by molar-refractivity contribution is 5.50. The molecule has 1 aromatic rings. The third-order valence-electron chi connectivity index (χ3n) is 2.98. The highest BCUT2D eigenvalue weighted by atomic mass is 15.1. The Hall–Kier alpha value is -1.02. The zero-order valence-corrected chi connectivity index (χ0v) is 11.0. The predicted octanol–water partition coefficient (Wildman–Crippen LogP) is 2.95. The van der Waals surface area contributed by atoms with Crippen molar-refractivity contribution in [3.8, 4) is 0 Å². The molecule has 16 heavy (non-hydrogen) atoms. The van der Waals surface area contributed by atoms with Crippen molar-refractivity contribution in [3.63, 3.8) is 0 Å². The van der Waals surface area contributed by atoms with Gasteiger partial charge in [-0.05, 0) is 50.1 Å². The largest absolute Gasteiger partial charge is 0.375 e. The number of hydrogen-bond acceptors (Lipinski definition) is 2. The minimum atomic E-state index is 0.982. The molecule has 0 saturated heterocycles. The van der Waals surface area contributed by atoms with Crippen molar-refractivity contribution < 1.29 is 0 Å². The van der Waals surface area contributed by atoms with Crippen LogP contribution in [0, 0.1) is 6.92 Å². The first-order valence-corrected chi connectivity index (χ1v) is 6.20. The van der Waals surface area contributed by atoms with E-state index in [1.54, 1.807) is 0 Å². The quantitative estimate of drug-likeness (QED) is 0.742. The molecule has 0 aliphatic rings. The van der Waals surface area contributed by atoms with Gasteiger partial charge in [0.1, 0.15) is 0 Å². The van der Waals surface area contributed by atoms with Gasteiger partial charge in [-0.15, -0.1) is 0 Å². The van der Waals surface area contributed by atoms with Crippen molar-refractivity contribution >= 4 is 5.69 Å². The highest BCUT2D eigenvalue weighted by Gasteiger charge is 2.02. The van der Waals surface area contributed by atoms with Crippen molar-refractivity contribution in [1.29, 1.82) is 0 Å². The Morgan fingerprint density at radius 1 is 1.25 bits per heavy atom. The second kappa shape index (κ2) is 6.54. The van der Waals surface area contributed by atoms with E-state index in [9.17, 15) is 0 Å². The Balaban J connectivity index is 2.67. The molecule has 0 saturated carbocycles. The Morgan fingerprint density at radius 3 is 2.56 bits per heavy atom. The zero-order chi connectivity index (χ0) is 12.0. The molecule has 0 heterocycles. The first-order valence-electron chi connectivity index (χ1n) is 6.20. The average Bonchev–Trinajstić information content (AvgIpc) is 2.30. The summed E-state index contributed by atoms with van der Waals surface area (Å²) in [6.07, 6.45) is 1.19. The number of hydrogen-bond donors (Lipinski definition) is 1. The summed E-state index contributed by atoms with van der Waals surface area (Å²) >= 11 is 0. The summed E-state index contributed by atoms with van der Waals surface area (Å²) in [5.74, 6) is 0. The number of anilines is 1. The van der Waals surface area contributed by atoms with Crippen LogP contribution < -0.4 is 10.2 Å². The van der Waals surface area contributed by atoms with E-state index in [1.807, 2.05) is 0 Å². The van der Waals surface area contributed by atoms with Gasteiger partial charge in [-0.3, -0.25) is 0 Å². The van der Waals surface area contributed by atoms with E-state index in [-0.39, 0.29) is 0 Å². The maximum Gasteiger partial charge on any atom is 0.0366 e. The molecule has 0 aliphatic heterocycles. The molecule has 2 nitrogen and oxygen atoms in total. The minimum absolute atomic E-state index is 0.982. The van der Waals surface area contributed by atoms with Gasteiger partial charge in [0.2, 0.25) is 0 Å². The lowest BCUT2D eigenvalue weighted by atomic mass is 10.1. The molecule has 2 heteroatoms. The first kappa shape index (κ1) is 13.0. The number of rotatable bonds is 6. The second-order valence-electron chi connectivity index (χ2n) is 4.30. The first-order chi connectivity index (χ1) is 7.69. The summed E-state index contributed by atoms with van der Waals surface area (Å²) < 4.78 is 0. The van der Waals surface area contributed by atoms with Crippen LogP contribution in [0.3, 0.4) is 0 Å². The molecule has 0 fully saturated rings. The summed E-state index contributed by atoms with van der Waals surface area (Å²) in [5.41, 5.74) is 4.09. The Kier molecular flexibility index (Phi) is 5.33. The second-order valence-corrected chi connectivity index (χ2v) is 4.30. The zero-order valence-electron chi connectivity index (χ0n) is 11.0. The molecule has 0 radical (unpaired) electrons. The topological polar surface area (TPSA) is 15.3 Å². The van der Waals surface area contributed by atoms with Crippen molar-refractivity contribution in [2.75, 3.05) is 25.0 Å². The van der Waals surface area contributed by atoms with Gasteiger partial charge in [-0.25, -0.2) is 0 Å². The van der Waals surface area contributed by atoms with Crippen molar-refractivity contribution in [2.45, 2.75) is 33.7 Å². The van der Waals surface area contributed by atoms with Crippen LogP contribution in [0.25, 0.3) is 0 Å². The van der Waals surface area contributed by atoms with Gasteiger partial charge >= 0.3 is 0 Å². The predicted molar refractivity (Wildman–Crippen MR) is 72.1 cm³/mol. The van der Waals surface area contributed by atoms with Gasteiger partial charge in [0, 0.05) is 25.8 Å². The van der Waals surface area contributed by atoms with Crippen molar-refractivity contribution in [1.82, 2.24) is 5.32 Å². The summed E-state index contributed by atoms with van der Waals surface area (Å²) in [4.78, 5) is 2.26. The maximum absolute atomic E-state index is 3.44. The lowest BCUT2D eigenvalue weighted by molar-refractivity contribution is 0.673. The molecular formula is C14H24N2. The van der Waals surface area contributed by atoms with Crippen LogP contribution in [0.2, 0.25) is 0 Å². The molecule has 0 spiro atoms. The molecule has 0 atom stereocenters. The number of nitrogens with one attached hydrogen (secondary N) is 1. The van der Waals surface area contributed by atoms with Gasteiger partial charge < -0.3 is 10.2 Å². The van der Waals surface area contributed by atoms with Crippen molar-refractivity contribution in [2.24, 2.45) is 0 Å². The van der Waals surface area contributed by atoms with E-state index in [4.69, 9.17) is 0 Å². The minimum Gasteiger partial charge on any atom is -0.375 e. The molecule has 1 aromatic carbocycles. The molecule has 0 unspecified atom stereocenters. The fourth-order valence-corrected chi connectivity index (χ4v) is 1.70. The SMILES string of the molecule is CCCNCc1ccc(N(C)CC)cc1C. The standard InChI is InChI=1S/C14H24N2/c1-5-9-15-11-13-7-8-14(10-12(13)3)16(4)6-2/h7-8,10,15H,5-6,9,11H2,1-4H3. The Bertz CT molecular complexity index is 321. The van der Waals surface area contributed by atoms with E-state index in [0.29, 0.717) is 0 Å². The third-order valence-corrected chi connectivity index (χ3v) is 2.98. The van der Waals surface area contributed by atoms with Crippen LogP contribution >= 0.6 is 0 Å². The van der Waals surface area contributed by atoms with Crippen LogP contribution in [0.5, 0.6) is 0 Å². The van der Waals surface area contributed by atoms with E-state index < -0.39 is 0 Å². The molecular weight excluding hydrogens is 196 g/mol. The molecule has 0 bridgehead atoms. The summed E-state index contributed by atoms with van der Waals surface area (Å²) in [5, 5.41) is 3.44. The highest BCUT2D eigenvalue weighted by Crippen LogP contribution is 2.17. The van der Waals surface area contributed by atoms with Gasteiger partial charge in [0.25, 0.3) is 0 Å². The third kappa shape index (κ3) is 3.53. The Morgan fingerprint density at radius 2 is 2.00 bits per heavy atom. The van der Waals surface area contributed by atoms with E-state index >= 15 is 0 Å². The molecule has 0 aromatic heterocycles. The smallest absolute Gasteiger partial charge is 0.0366 e. The lowest BCUT2D eigenvalue weighted by Gasteiger charge is -2.18. The molecule has 90 valence electrons. The van der Waals surface area contributed by atoms with Crippen LogP contribution in [0.15, 0.2) is 18.2 Å². The van der Waals surface area contributed by atoms with E-state index in [1.165, 1.54) is 23.2 Å². The molecule has 1 N–H and O–H groups in total. The number of nitrogens with zero attached hydrogens (tertiary/aromatic N) is 1. The average molecular weight is 220 g/mol. The van der Waals surface area contributed by atoms with Gasteiger partial charge in [-0.2, -0.15) is 0 Å². The fourth-order valence-electron chi connectivity index (χ4n) is 1.70. The monoisotopic (exact) mass is 220 g/mol. The van der Waals surface area contributed by atoms with E-state index in [0.717, 1.165) is 19.6 Å². The van der Waals surface area contributed by atoms with Gasteiger partial charge in [-0.1, -0.05) is 13.0 Å². The molecule has 0 amide bonds.